The number of nitrogens with zero attached hydrogens (tertiary/aromatic N) is 5. The fourth-order valence-corrected chi connectivity index (χ4v) is 3.45. The molecule has 4 heterocycles. The van der Waals surface area contributed by atoms with Crippen LogP contribution in [0.3, 0.4) is 0 Å². The Labute approximate surface area is 161 Å². The SMILES string of the molecule is Cc1nnc2ccc(N3CC(CNC(=O)C4COc5ccccc5O4)C3)nn12. The Morgan fingerprint density at radius 1 is 1.18 bits per heavy atom. The highest BCUT2D eigenvalue weighted by Crippen LogP contribution is 2.31. The van der Waals surface area contributed by atoms with Crippen molar-refractivity contribution < 1.29 is 14.3 Å². The molecule has 1 saturated heterocycles. The first-order valence-electron chi connectivity index (χ1n) is 9.27. The summed E-state index contributed by atoms with van der Waals surface area (Å²) in [6, 6.07) is 11.2. The molecule has 1 amide bonds. The van der Waals surface area contributed by atoms with Crippen LogP contribution >= 0.6 is 0 Å². The number of carbonyl (C=O) groups is 1. The van der Waals surface area contributed by atoms with Crippen molar-refractivity contribution >= 4 is 17.4 Å². The third-order valence-electron chi connectivity index (χ3n) is 5.05. The van der Waals surface area contributed by atoms with Crippen LogP contribution < -0.4 is 19.7 Å². The van der Waals surface area contributed by atoms with Crippen LogP contribution in [-0.4, -0.2) is 58.1 Å². The number of hydrogen-bond donors (Lipinski definition) is 1. The number of ether oxygens (including phenoxy) is 2. The van der Waals surface area contributed by atoms with Crippen molar-refractivity contribution in [3.05, 3.63) is 42.2 Å². The Morgan fingerprint density at radius 2 is 2.00 bits per heavy atom. The molecule has 1 fully saturated rings. The van der Waals surface area contributed by atoms with Crippen LogP contribution in [0.25, 0.3) is 5.65 Å². The fourth-order valence-electron chi connectivity index (χ4n) is 3.45. The summed E-state index contributed by atoms with van der Waals surface area (Å²) in [6.45, 7) is 4.38. The normalized spacial score (nSPS) is 18.8. The van der Waals surface area contributed by atoms with Crippen LogP contribution in [0.15, 0.2) is 36.4 Å². The first kappa shape index (κ1) is 16.8. The molecule has 0 bridgehead atoms. The molecule has 2 aliphatic heterocycles. The molecule has 9 nitrogen and oxygen atoms in total. The molecule has 3 aromatic rings. The number of carbonyl (C=O) groups excluding carboxylic acids is 1. The van der Waals surface area contributed by atoms with Crippen molar-refractivity contribution in [1.29, 1.82) is 0 Å². The van der Waals surface area contributed by atoms with E-state index in [4.69, 9.17) is 9.47 Å². The molecule has 0 radical (unpaired) electrons. The number of aromatic nitrogens is 4. The highest BCUT2D eigenvalue weighted by Gasteiger charge is 2.31. The maximum absolute atomic E-state index is 12.4. The van der Waals surface area contributed by atoms with Gasteiger partial charge in [-0.05, 0) is 31.2 Å². The Morgan fingerprint density at radius 3 is 2.86 bits per heavy atom. The largest absolute Gasteiger partial charge is 0.485 e. The zero-order valence-corrected chi connectivity index (χ0v) is 15.4. The van der Waals surface area contributed by atoms with Gasteiger partial charge in [0.2, 0.25) is 6.10 Å². The van der Waals surface area contributed by atoms with Gasteiger partial charge in [-0.1, -0.05) is 12.1 Å². The van der Waals surface area contributed by atoms with E-state index in [-0.39, 0.29) is 12.5 Å². The third kappa shape index (κ3) is 2.98. The van der Waals surface area contributed by atoms with E-state index in [0.717, 1.165) is 30.4 Å². The van der Waals surface area contributed by atoms with Gasteiger partial charge < -0.3 is 19.7 Å². The van der Waals surface area contributed by atoms with Gasteiger partial charge in [-0.15, -0.1) is 15.3 Å². The van der Waals surface area contributed by atoms with Gasteiger partial charge in [0.1, 0.15) is 12.4 Å². The summed E-state index contributed by atoms with van der Waals surface area (Å²) in [7, 11) is 0. The van der Waals surface area contributed by atoms with Gasteiger partial charge in [-0.25, -0.2) is 0 Å². The molecule has 0 saturated carbocycles. The lowest BCUT2D eigenvalue weighted by atomic mass is 10.00. The van der Waals surface area contributed by atoms with E-state index in [2.05, 4.69) is 25.5 Å². The van der Waals surface area contributed by atoms with Crippen molar-refractivity contribution in [2.24, 2.45) is 5.92 Å². The van der Waals surface area contributed by atoms with Crippen LogP contribution in [0, 0.1) is 12.8 Å². The molecule has 2 aliphatic rings. The molecule has 0 aliphatic carbocycles. The number of fused-ring (bicyclic) bond motifs is 2. The molecule has 1 N–H and O–H groups in total. The summed E-state index contributed by atoms with van der Waals surface area (Å²) in [4.78, 5) is 14.6. The van der Waals surface area contributed by atoms with Crippen LogP contribution in [0.2, 0.25) is 0 Å². The third-order valence-corrected chi connectivity index (χ3v) is 5.05. The van der Waals surface area contributed by atoms with E-state index >= 15 is 0 Å². The van der Waals surface area contributed by atoms with Gasteiger partial charge in [0.15, 0.2) is 23.0 Å². The van der Waals surface area contributed by atoms with Crippen molar-refractivity contribution in [2.45, 2.75) is 13.0 Å². The van der Waals surface area contributed by atoms with E-state index in [1.807, 2.05) is 37.3 Å². The number of benzene rings is 1. The van der Waals surface area contributed by atoms with E-state index in [0.29, 0.717) is 24.0 Å². The van der Waals surface area contributed by atoms with E-state index in [1.54, 1.807) is 10.6 Å². The lowest BCUT2D eigenvalue weighted by molar-refractivity contribution is -0.130. The minimum absolute atomic E-state index is 0.146. The number of amides is 1. The molecule has 1 unspecified atom stereocenters. The van der Waals surface area contributed by atoms with Crippen LogP contribution in [0.5, 0.6) is 11.5 Å². The quantitative estimate of drug-likeness (QED) is 0.716. The van der Waals surface area contributed by atoms with Gasteiger partial charge in [0.25, 0.3) is 5.91 Å². The first-order valence-corrected chi connectivity index (χ1v) is 9.27. The molecule has 144 valence electrons. The molecule has 5 rings (SSSR count). The van der Waals surface area contributed by atoms with Crippen molar-refractivity contribution in [1.82, 2.24) is 25.1 Å². The van der Waals surface area contributed by atoms with Crippen LogP contribution in [-0.2, 0) is 4.79 Å². The average Bonchev–Trinajstić information content (AvgIpc) is 3.06. The van der Waals surface area contributed by atoms with Crippen molar-refractivity contribution in [3.63, 3.8) is 0 Å². The second-order valence-electron chi connectivity index (χ2n) is 7.09. The Balaban J connectivity index is 1.13. The van der Waals surface area contributed by atoms with Crippen molar-refractivity contribution in [3.8, 4) is 11.5 Å². The molecular formula is C19H20N6O3. The topological polar surface area (TPSA) is 93.9 Å². The Kier molecular flexibility index (Phi) is 4.00. The van der Waals surface area contributed by atoms with Gasteiger partial charge in [0.05, 0.1) is 0 Å². The number of hydrogen-bond acceptors (Lipinski definition) is 7. The Hall–Kier alpha value is -3.36. The monoisotopic (exact) mass is 380 g/mol. The molecule has 9 heteroatoms. The highest BCUT2D eigenvalue weighted by atomic mass is 16.6. The second-order valence-corrected chi connectivity index (χ2v) is 7.09. The number of aryl methyl sites for hydroxylation is 1. The molecule has 1 atom stereocenters. The smallest absolute Gasteiger partial charge is 0.264 e. The zero-order chi connectivity index (χ0) is 19.1. The Bertz CT molecular complexity index is 1030. The predicted octanol–water partition coefficient (Wildman–Crippen LogP) is 0.825. The summed E-state index contributed by atoms with van der Waals surface area (Å²) < 4.78 is 13.1. The average molecular weight is 380 g/mol. The number of nitrogens with one attached hydrogen (secondary N) is 1. The minimum atomic E-state index is -0.619. The fraction of sp³-hybridized carbons (Fsp3) is 0.368. The number of rotatable bonds is 4. The van der Waals surface area contributed by atoms with Crippen molar-refractivity contribution in [2.75, 3.05) is 31.1 Å². The first-order chi connectivity index (χ1) is 13.7. The molecule has 2 aromatic heterocycles. The second kappa shape index (κ2) is 6.66. The van der Waals surface area contributed by atoms with Gasteiger partial charge in [-0.2, -0.15) is 4.52 Å². The number of anilines is 1. The molecular weight excluding hydrogens is 360 g/mol. The summed E-state index contributed by atoms with van der Waals surface area (Å²) in [5.74, 6) is 3.16. The van der Waals surface area contributed by atoms with E-state index in [1.165, 1.54) is 0 Å². The number of para-hydroxylation sites is 2. The van der Waals surface area contributed by atoms with E-state index in [9.17, 15) is 4.79 Å². The van der Waals surface area contributed by atoms with Gasteiger partial charge in [-0.3, -0.25) is 4.79 Å². The molecule has 1 aromatic carbocycles. The highest BCUT2D eigenvalue weighted by molar-refractivity contribution is 5.81. The summed E-state index contributed by atoms with van der Waals surface area (Å²) in [6.07, 6.45) is -0.619. The maximum atomic E-state index is 12.4. The molecule has 0 spiro atoms. The maximum Gasteiger partial charge on any atom is 0.264 e. The minimum Gasteiger partial charge on any atom is -0.485 e. The molecule has 28 heavy (non-hydrogen) atoms. The summed E-state index contributed by atoms with van der Waals surface area (Å²) >= 11 is 0. The summed E-state index contributed by atoms with van der Waals surface area (Å²) in [5, 5.41) is 15.6. The summed E-state index contributed by atoms with van der Waals surface area (Å²) in [5.41, 5.74) is 0.738. The lowest BCUT2D eigenvalue weighted by Crippen LogP contribution is -2.54. The predicted molar refractivity (Wildman–Crippen MR) is 101 cm³/mol. The lowest BCUT2D eigenvalue weighted by Gasteiger charge is -2.40. The van der Waals surface area contributed by atoms with Crippen LogP contribution in [0.1, 0.15) is 5.82 Å². The zero-order valence-electron chi connectivity index (χ0n) is 15.4. The van der Waals surface area contributed by atoms with Gasteiger partial charge >= 0.3 is 0 Å². The standard InChI is InChI=1S/C19H20N6O3/c1-12-21-22-17-6-7-18(23-25(12)17)24-9-13(10-24)8-20-19(26)16-11-27-14-4-2-3-5-15(14)28-16/h2-7,13,16H,8-11H2,1H3,(H,20,26). The van der Waals surface area contributed by atoms with Crippen LogP contribution in [0.4, 0.5) is 5.82 Å². The van der Waals surface area contributed by atoms with E-state index < -0.39 is 6.10 Å². The van der Waals surface area contributed by atoms with Gasteiger partial charge in [0, 0.05) is 25.6 Å².